The van der Waals surface area contributed by atoms with Crippen molar-refractivity contribution in [3.8, 4) is 5.75 Å². The second-order valence-electron chi connectivity index (χ2n) is 7.30. The summed E-state index contributed by atoms with van der Waals surface area (Å²) in [6.45, 7) is 1.84. The summed E-state index contributed by atoms with van der Waals surface area (Å²) in [5, 5.41) is 6.52. The molecule has 1 aliphatic carbocycles. The van der Waals surface area contributed by atoms with E-state index in [1.54, 1.807) is 7.11 Å². The van der Waals surface area contributed by atoms with Gasteiger partial charge in [-0.05, 0) is 37.8 Å². The molecule has 2 amide bonds. The van der Waals surface area contributed by atoms with Gasteiger partial charge in [-0.2, -0.15) is 0 Å². The third kappa shape index (κ3) is 5.02. The number of carbonyl (C=O) groups is 2. The number of carbonyl (C=O) groups excluding carboxylic acids is 2. The molecule has 1 saturated carbocycles. The number of methoxy groups -OCH3 is 1. The number of hydrogen-bond donors (Lipinski definition) is 2. The van der Waals surface area contributed by atoms with Crippen LogP contribution in [0.5, 0.6) is 5.75 Å². The molecule has 0 bridgehead atoms. The summed E-state index contributed by atoms with van der Waals surface area (Å²) >= 11 is 0. The van der Waals surface area contributed by atoms with E-state index in [1.165, 1.54) is 19.3 Å². The van der Waals surface area contributed by atoms with Crippen molar-refractivity contribution in [2.75, 3.05) is 13.7 Å². The number of nitrogens with one attached hydrogen (secondary N) is 2. The quantitative estimate of drug-likeness (QED) is 0.776. The van der Waals surface area contributed by atoms with E-state index in [-0.39, 0.29) is 24.4 Å². The monoisotopic (exact) mass is 372 g/mol. The molecule has 0 saturated heterocycles. The van der Waals surface area contributed by atoms with Crippen LogP contribution in [0.15, 0.2) is 28.7 Å². The van der Waals surface area contributed by atoms with Crippen LogP contribution in [0.25, 0.3) is 11.0 Å². The lowest BCUT2D eigenvalue weighted by atomic mass is 9.87. The second-order valence-corrected chi connectivity index (χ2v) is 7.30. The van der Waals surface area contributed by atoms with Gasteiger partial charge in [-0.15, -0.1) is 0 Å². The molecule has 1 aromatic carbocycles. The van der Waals surface area contributed by atoms with E-state index in [4.69, 9.17) is 9.15 Å². The topological polar surface area (TPSA) is 80.6 Å². The van der Waals surface area contributed by atoms with E-state index in [2.05, 4.69) is 10.6 Å². The maximum atomic E-state index is 12.2. The van der Waals surface area contributed by atoms with Gasteiger partial charge in [0, 0.05) is 11.8 Å². The van der Waals surface area contributed by atoms with Crippen molar-refractivity contribution < 1.29 is 18.7 Å². The van der Waals surface area contributed by atoms with Crippen LogP contribution in [-0.2, 0) is 9.59 Å². The van der Waals surface area contributed by atoms with Crippen LogP contribution < -0.4 is 15.4 Å². The lowest BCUT2D eigenvalue weighted by Gasteiger charge is -2.20. The van der Waals surface area contributed by atoms with Crippen molar-refractivity contribution in [3.63, 3.8) is 0 Å². The Morgan fingerprint density at radius 3 is 2.74 bits per heavy atom. The summed E-state index contributed by atoms with van der Waals surface area (Å²) in [5.74, 6) is 1.50. The zero-order valence-corrected chi connectivity index (χ0v) is 16.0. The zero-order chi connectivity index (χ0) is 19.2. The predicted molar refractivity (Wildman–Crippen MR) is 104 cm³/mol. The molecule has 146 valence electrons. The van der Waals surface area contributed by atoms with E-state index in [9.17, 15) is 9.59 Å². The minimum absolute atomic E-state index is 0.0144. The average molecular weight is 372 g/mol. The number of hydrogen-bond acceptors (Lipinski definition) is 4. The van der Waals surface area contributed by atoms with Crippen LogP contribution in [0, 0.1) is 5.92 Å². The minimum Gasteiger partial charge on any atom is -0.493 e. The molecule has 1 aromatic heterocycles. The van der Waals surface area contributed by atoms with Crippen molar-refractivity contribution in [2.24, 2.45) is 5.92 Å². The molecule has 1 heterocycles. The Labute approximate surface area is 159 Å². The fourth-order valence-electron chi connectivity index (χ4n) is 3.70. The highest BCUT2D eigenvalue weighted by atomic mass is 16.5. The third-order valence-electron chi connectivity index (χ3n) is 5.20. The number of ether oxygens (including phenoxy) is 1. The molecule has 3 rings (SSSR count). The summed E-state index contributed by atoms with van der Waals surface area (Å²) < 4.78 is 11.2. The Morgan fingerprint density at radius 2 is 2.00 bits per heavy atom. The van der Waals surface area contributed by atoms with Gasteiger partial charge in [0.1, 0.15) is 5.76 Å². The highest BCUT2D eigenvalue weighted by Gasteiger charge is 2.19. The summed E-state index contributed by atoms with van der Waals surface area (Å²) in [7, 11) is 1.60. The van der Waals surface area contributed by atoms with Crippen LogP contribution in [-0.4, -0.2) is 25.5 Å². The van der Waals surface area contributed by atoms with Crippen LogP contribution in [0.4, 0.5) is 0 Å². The maximum Gasteiger partial charge on any atom is 0.239 e. The van der Waals surface area contributed by atoms with Crippen LogP contribution in [0.2, 0.25) is 0 Å². The molecule has 2 aromatic rings. The number of benzene rings is 1. The van der Waals surface area contributed by atoms with Crippen molar-refractivity contribution in [1.82, 2.24) is 10.6 Å². The van der Waals surface area contributed by atoms with E-state index < -0.39 is 0 Å². The molecular formula is C21H28N2O4. The van der Waals surface area contributed by atoms with E-state index in [0.717, 1.165) is 18.2 Å². The van der Waals surface area contributed by atoms with Crippen LogP contribution >= 0.6 is 0 Å². The standard InChI is InChI=1S/C21H28N2O4/c1-14(18-12-16-9-6-10-17(26-2)21(16)27-18)23-20(25)13-22-19(24)11-15-7-4-3-5-8-15/h6,9-10,12,14-15H,3-5,7-8,11,13H2,1-2H3,(H,22,24)(H,23,25). The van der Waals surface area contributed by atoms with Crippen LogP contribution in [0.3, 0.4) is 0 Å². The Hall–Kier alpha value is -2.50. The SMILES string of the molecule is COc1cccc2cc(C(C)NC(=O)CNC(=O)CC3CCCCC3)oc12. The summed E-state index contributed by atoms with van der Waals surface area (Å²) in [5.41, 5.74) is 0.664. The Balaban J connectivity index is 1.49. The van der Waals surface area contributed by atoms with Gasteiger partial charge in [-0.3, -0.25) is 9.59 Å². The highest BCUT2D eigenvalue weighted by molar-refractivity contribution is 5.86. The first kappa shape index (κ1) is 19.3. The summed E-state index contributed by atoms with van der Waals surface area (Å²) in [4.78, 5) is 24.2. The molecule has 1 aliphatic rings. The maximum absolute atomic E-state index is 12.2. The molecule has 6 heteroatoms. The first-order chi connectivity index (χ1) is 13.1. The molecule has 1 fully saturated rings. The molecule has 0 radical (unpaired) electrons. The summed E-state index contributed by atoms with van der Waals surface area (Å²) in [6.07, 6.45) is 6.44. The number of rotatable bonds is 7. The van der Waals surface area contributed by atoms with Gasteiger partial charge in [-0.1, -0.05) is 31.4 Å². The first-order valence-electron chi connectivity index (χ1n) is 9.69. The highest BCUT2D eigenvalue weighted by Crippen LogP contribution is 2.30. The van der Waals surface area contributed by atoms with Gasteiger partial charge in [0.2, 0.25) is 11.8 Å². The van der Waals surface area contributed by atoms with E-state index >= 15 is 0 Å². The number of fused-ring (bicyclic) bond motifs is 1. The Morgan fingerprint density at radius 1 is 1.22 bits per heavy atom. The summed E-state index contributed by atoms with van der Waals surface area (Å²) in [6, 6.07) is 7.26. The van der Waals surface area contributed by atoms with Crippen molar-refractivity contribution in [1.29, 1.82) is 0 Å². The van der Waals surface area contributed by atoms with Crippen molar-refractivity contribution in [2.45, 2.75) is 51.5 Å². The van der Waals surface area contributed by atoms with Gasteiger partial charge in [0.15, 0.2) is 11.3 Å². The molecule has 27 heavy (non-hydrogen) atoms. The Kier molecular flexibility index (Phi) is 6.37. The number of amides is 2. The molecule has 1 unspecified atom stereocenters. The van der Waals surface area contributed by atoms with E-state index in [1.807, 2.05) is 31.2 Å². The lowest BCUT2D eigenvalue weighted by molar-refractivity contribution is -0.127. The lowest BCUT2D eigenvalue weighted by Crippen LogP contribution is -2.38. The van der Waals surface area contributed by atoms with Crippen molar-refractivity contribution in [3.05, 3.63) is 30.0 Å². The molecule has 2 N–H and O–H groups in total. The minimum atomic E-state index is -0.301. The van der Waals surface area contributed by atoms with Gasteiger partial charge in [0.25, 0.3) is 0 Å². The molecule has 6 nitrogen and oxygen atoms in total. The fraction of sp³-hybridized carbons (Fsp3) is 0.524. The van der Waals surface area contributed by atoms with Gasteiger partial charge in [0.05, 0.1) is 19.7 Å². The predicted octanol–water partition coefficient (Wildman–Crippen LogP) is 3.71. The molecule has 1 atom stereocenters. The molecular weight excluding hydrogens is 344 g/mol. The van der Waals surface area contributed by atoms with Gasteiger partial charge >= 0.3 is 0 Å². The smallest absolute Gasteiger partial charge is 0.239 e. The molecule has 0 aliphatic heterocycles. The van der Waals surface area contributed by atoms with E-state index in [0.29, 0.717) is 29.4 Å². The normalized spacial score (nSPS) is 16.1. The fourth-order valence-corrected chi connectivity index (χ4v) is 3.70. The zero-order valence-electron chi connectivity index (χ0n) is 16.0. The van der Waals surface area contributed by atoms with Gasteiger partial charge < -0.3 is 19.8 Å². The Bertz CT molecular complexity index is 793. The van der Waals surface area contributed by atoms with Crippen molar-refractivity contribution >= 4 is 22.8 Å². The second kappa shape index (κ2) is 8.93. The number of furan rings is 1. The van der Waals surface area contributed by atoms with Crippen LogP contribution in [0.1, 0.15) is 57.3 Å². The molecule has 0 spiro atoms. The van der Waals surface area contributed by atoms with Gasteiger partial charge in [-0.25, -0.2) is 0 Å². The third-order valence-corrected chi connectivity index (χ3v) is 5.20. The largest absolute Gasteiger partial charge is 0.493 e. The number of para-hydroxylation sites is 1. The average Bonchev–Trinajstić information content (AvgIpc) is 3.12. The first-order valence-corrected chi connectivity index (χ1v) is 9.69.